The third-order valence-corrected chi connectivity index (χ3v) is 4.27. The summed E-state index contributed by atoms with van der Waals surface area (Å²) < 4.78 is 6.16. The van der Waals surface area contributed by atoms with Crippen LogP contribution in [0.5, 0.6) is 0 Å². The highest BCUT2D eigenvalue weighted by Gasteiger charge is 2.20. The zero-order valence-electron chi connectivity index (χ0n) is 10.00. The van der Waals surface area contributed by atoms with Crippen LogP contribution < -0.4 is 5.32 Å². The Morgan fingerprint density at radius 3 is 2.76 bits per heavy atom. The van der Waals surface area contributed by atoms with Crippen molar-refractivity contribution in [2.75, 3.05) is 6.54 Å². The Hall–Kier alpha value is -0.580. The van der Waals surface area contributed by atoms with Gasteiger partial charge in [0.25, 0.3) is 0 Å². The van der Waals surface area contributed by atoms with Gasteiger partial charge in [0, 0.05) is 10.4 Å². The summed E-state index contributed by atoms with van der Waals surface area (Å²) in [6.45, 7) is 5.33. The SMILES string of the molecule is CCCNC(c1ccoc1Br)c1ccsc1C. The molecular formula is C13H16BrNOS. The highest BCUT2D eigenvalue weighted by molar-refractivity contribution is 9.10. The van der Waals surface area contributed by atoms with Crippen molar-refractivity contribution in [1.82, 2.24) is 5.32 Å². The second kappa shape index (κ2) is 5.85. The van der Waals surface area contributed by atoms with Gasteiger partial charge in [-0.25, -0.2) is 0 Å². The van der Waals surface area contributed by atoms with Gasteiger partial charge in [-0.15, -0.1) is 11.3 Å². The van der Waals surface area contributed by atoms with Crippen molar-refractivity contribution in [2.45, 2.75) is 26.3 Å². The van der Waals surface area contributed by atoms with Crippen LogP contribution in [0, 0.1) is 6.92 Å². The second-order valence-electron chi connectivity index (χ2n) is 3.97. The lowest BCUT2D eigenvalue weighted by molar-refractivity contribution is 0.523. The molecule has 2 heterocycles. The Bertz CT molecular complexity index is 437. The van der Waals surface area contributed by atoms with Crippen LogP contribution >= 0.6 is 27.3 Å². The zero-order valence-corrected chi connectivity index (χ0v) is 12.4. The lowest BCUT2D eigenvalue weighted by Gasteiger charge is -2.17. The molecule has 0 amide bonds. The summed E-state index contributed by atoms with van der Waals surface area (Å²) >= 11 is 5.25. The predicted molar refractivity (Wildman–Crippen MR) is 75.6 cm³/mol. The third-order valence-electron chi connectivity index (χ3n) is 2.77. The Balaban J connectivity index is 2.32. The van der Waals surface area contributed by atoms with Crippen LogP contribution in [0.4, 0.5) is 0 Å². The highest BCUT2D eigenvalue weighted by atomic mass is 79.9. The van der Waals surface area contributed by atoms with Crippen LogP contribution in [0.1, 0.15) is 35.4 Å². The van der Waals surface area contributed by atoms with Crippen LogP contribution in [0.3, 0.4) is 0 Å². The number of hydrogen-bond donors (Lipinski definition) is 1. The number of furan rings is 1. The number of hydrogen-bond acceptors (Lipinski definition) is 3. The summed E-state index contributed by atoms with van der Waals surface area (Å²) in [5, 5.41) is 5.71. The van der Waals surface area contributed by atoms with Crippen LogP contribution in [-0.2, 0) is 0 Å². The number of thiophene rings is 1. The van der Waals surface area contributed by atoms with Gasteiger partial charge in [-0.3, -0.25) is 0 Å². The van der Waals surface area contributed by atoms with E-state index in [0.717, 1.165) is 17.6 Å². The van der Waals surface area contributed by atoms with E-state index in [0.29, 0.717) is 0 Å². The minimum atomic E-state index is 0.217. The molecule has 2 rings (SSSR count). The number of rotatable bonds is 5. The molecule has 0 aliphatic heterocycles. The van der Waals surface area contributed by atoms with Gasteiger partial charge in [-0.1, -0.05) is 6.92 Å². The maximum Gasteiger partial charge on any atom is 0.174 e. The predicted octanol–water partition coefficient (Wildman–Crippen LogP) is 4.50. The first-order valence-electron chi connectivity index (χ1n) is 5.74. The van der Waals surface area contributed by atoms with E-state index in [2.05, 4.69) is 46.5 Å². The van der Waals surface area contributed by atoms with E-state index < -0.39 is 0 Å². The summed E-state index contributed by atoms with van der Waals surface area (Å²) in [6, 6.07) is 4.43. The van der Waals surface area contributed by atoms with Gasteiger partial charge in [0.2, 0.25) is 0 Å². The number of aryl methyl sites for hydroxylation is 1. The fourth-order valence-corrected chi connectivity index (χ4v) is 3.09. The fraction of sp³-hybridized carbons (Fsp3) is 0.385. The summed E-state index contributed by atoms with van der Waals surface area (Å²) in [5.41, 5.74) is 2.51. The van der Waals surface area contributed by atoms with Crippen molar-refractivity contribution < 1.29 is 4.42 Å². The molecule has 0 aliphatic rings. The first kappa shape index (κ1) is 12.9. The zero-order chi connectivity index (χ0) is 12.3. The van der Waals surface area contributed by atoms with Crippen molar-refractivity contribution in [2.24, 2.45) is 0 Å². The summed E-state index contributed by atoms with van der Waals surface area (Å²) in [4.78, 5) is 1.35. The minimum Gasteiger partial charge on any atom is -0.457 e. The molecule has 2 aromatic rings. The van der Waals surface area contributed by atoms with E-state index >= 15 is 0 Å². The smallest absolute Gasteiger partial charge is 0.174 e. The van der Waals surface area contributed by atoms with E-state index in [-0.39, 0.29) is 6.04 Å². The van der Waals surface area contributed by atoms with E-state index in [4.69, 9.17) is 4.42 Å². The number of halogens is 1. The molecule has 2 aromatic heterocycles. The van der Waals surface area contributed by atoms with E-state index in [1.165, 1.54) is 16.0 Å². The summed E-state index contributed by atoms with van der Waals surface area (Å²) in [6.07, 6.45) is 2.84. The quantitative estimate of drug-likeness (QED) is 0.879. The van der Waals surface area contributed by atoms with Crippen LogP contribution in [0.25, 0.3) is 0 Å². The first-order chi connectivity index (χ1) is 8.24. The summed E-state index contributed by atoms with van der Waals surface area (Å²) in [5.74, 6) is 0. The Labute approximate surface area is 114 Å². The van der Waals surface area contributed by atoms with Crippen LogP contribution in [-0.4, -0.2) is 6.54 Å². The molecule has 1 atom stereocenters. The van der Waals surface area contributed by atoms with Gasteiger partial charge in [-0.2, -0.15) is 0 Å². The standard InChI is InChI=1S/C13H16BrNOS/c1-3-6-15-12(10-5-8-17-9(10)2)11-4-7-16-13(11)14/h4-5,7-8,12,15H,3,6H2,1-2H3. The molecule has 92 valence electrons. The third kappa shape index (κ3) is 2.81. The molecule has 0 saturated carbocycles. The van der Waals surface area contributed by atoms with Crippen molar-refractivity contribution >= 4 is 27.3 Å². The lowest BCUT2D eigenvalue weighted by atomic mass is 10.0. The molecule has 17 heavy (non-hydrogen) atoms. The molecule has 0 aliphatic carbocycles. The molecule has 0 aromatic carbocycles. The Morgan fingerprint density at radius 1 is 1.41 bits per heavy atom. The monoisotopic (exact) mass is 313 g/mol. The maximum atomic E-state index is 5.34. The first-order valence-corrected chi connectivity index (χ1v) is 7.41. The minimum absolute atomic E-state index is 0.217. The number of nitrogens with one attached hydrogen (secondary N) is 1. The Kier molecular flexibility index (Phi) is 4.42. The Morgan fingerprint density at radius 2 is 2.24 bits per heavy atom. The van der Waals surface area contributed by atoms with Crippen molar-refractivity contribution in [3.8, 4) is 0 Å². The van der Waals surface area contributed by atoms with E-state index in [1.54, 1.807) is 17.6 Å². The van der Waals surface area contributed by atoms with Gasteiger partial charge < -0.3 is 9.73 Å². The lowest BCUT2D eigenvalue weighted by Crippen LogP contribution is -2.23. The average Bonchev–Trinajstić information content (AvgIpc) is 2.90. The molecule has 0 bridgehead atoms. The van der Waals surface area contributed by atoms with Crippen LogP contribution in [0.2, 0.25) is 0 Å². The van der Waals surface area contributed by atoms with Crippen molar-refractivity contribution in [1.29, 1.82) is 0 Å². The molecule has 0 radical (unpaired) electrons. The molecule has 2 nitrogen and oxygen atoms in total. The van der Waals surface area contributed by atoms with Gasteiger partial charge >= 0.3 is 0 Å². The van der Waals surface area contributed by atoms with Crippen molar-refractivity contribution in [3.63, 3.8) is 0 Å². The van der Waals surface area contributed by atoms with Crippen LogP contribution in [0.15, 0.2) is 32.9 Å². The molecule has 0 fully saturated rings. The van der Waals surface area contributed by atoms with Gasteiger partial charge in [0.15, 0.2) is 4.67 Å². The molecule has 0 saturated heterocycles. The van der Waals surface area contributed by atoms with E-state index in [1.807, 2.05) is 6.07 Å². The van der Waals surface area contributed by atoms with Gasteiger partial charge in [-0.05, 0) is 58.9 Å². The fourth-order valence-electron chi connectivity index (χ4n) is 1.88. The molecule has 1 N–H and O–H groups in total. The topological polar surface area (TPSA) is 25.2 Å². The molecular weight excluding hydrogens is 298 g/mol. The highest BCUT2D eigenvalue weighted by Crippen LogP contribution is 2.32. The largest absolute Gasteiger partial charge is 0.457 e. The van der Waals surface area contributed by atoms with Crippen molar-refractivity contribution in [3.05, 3.63) is 44.4 Å². The van der Waals surface area contributed by atoms with Gasteiger partial charge in [0.05, 0.1) is 12.3 Å². The summed E-state index contributed by atoms with van der Waals surface area (Å²) in [7, 11) is 0. The second-order valence-corrected chi connectivity index (χ2v) is 5.81. The molecule has 4 heteroatoms. The van der Waals surface area contributed by atoms with Gasteiger partial charge in [0.1, 0.15) is 0 Å². The molecule has 1 unspecified atom stereocenters. The maximum absolute atomic E-state index is 5.34. The molecule has 0 spiro atoms. The van der Waals surface area contributed by atoms with E-state index in [9.17, 15) is 0 Å². The average molecular weight is 314 g/mol. The normalized spacial score (nSPS) is 12.9.